The van der Waals surface area contributed by atoms with Crippen molar-refractivity contribution in [2.75, 3.05) is 0 Å². The lowest BCUT2D eigenvalue weighted by Crippen LogP contribution is -2.34. The molecule has 0 rings (SSSR count). The van der Waals surface area contributed by atoms with Crippen LogP contribution in [0.25, 0.3) is 0 Å². The molecule has 0 radical (unpaired) electrons. The van der Waals surface area contributed by atoms with E-state index in [1.807, 2.05) is 13.8 Å². The molecule has 0 saturated heterocycles. The van der Waals surface area contributed by atoms with Gasteiger partial charge in [0.2, 0.25) is 0 Å². The summed E-state index contributed by atoms with van der Waals surface area (Å²) < 4.78 is 0. The molecule has 0 aliphatic heterocycles. The van der Waals surface area contributed by atoms with E-state index < -0.39 is 5.97 Å². The lowest BCUT2D eigenvalue weighted by atomic mass is 10.2. The van der Waals surface area contributed by atoms with Crippen LogP contribution in [0, 0.1) is 0 Å². The lowest BCUT2D eigenvalue weighted by Gasteiger charge is -2.14. The Labute approximate surface area is 67.1 Å². The molecular weight excluding hydrogens is 142 g/mol. The van der Waals surface area contributed by atoms with E-state index in [9.17, 15) is 4.79 Å². The second kappa shape index (κ2) is 4.91. The number of carboxylic acid groups (broad SMARTS) is 1. The van der Waals surface area contributed by atoms with Gasteiger partial charge in [0, 0.05) is 12.1 Å². The zero-order valence-electron chi connectivity index (χ0n) is 7.00. The van der Waals surface area contributed by atoms with Crippen molar-refractivity contribution in [3.63, 3.8) is 0 Å². The molecule has 0 unspecified atom stereocenters. The zero-order chi connectivity index (χ0) is 8.85. The largest absolute Gasteiger partial charge is 0.481 e. The van der Waals surface area contributed by atoms with Gasteiger partial charge in [-0.1, -0.05) is 19.9 Å². The van der Waals surface area contributed by atoms with Crippen LogP contribution < -0.4 is 5.32 Å². The summed E-state index contributed by atoms with van der Waals surface area (Å²) in [6.45, 7) is 7.48. The average molecular weight is 157 g/mol. The third kappa shape index (κ3) is 5.61. The summed E-state index contributed by atoms with van der Waals surface area (Å²) in [7, 11) is 0. The minimum absolute atomic E-state index is 0.0989. The van der Waals surface area contributed by atoms with E-state index in [0.717, 1.165) is 0 Å². The van der Waals surface area contributed by atoms with Gasteiger partial charge in [0.15, 0.2) is 0 Å². The molecule has 0 aliphatic rings. The van der Waals surface area contributed by atoms with Gasteiger partial charge in [-0.2, -0.15) is 0 Å². The summed E-state index contributed by atoms with van der Waals surface area (Å²) in [5.41, 5.74) is 0. The van der Waals surface area contributed by atoms with Gasteiger partial charge >= 0.3 is 5.97 Å². The van der Waals surface area contributed by atoms with Crippen molar-refractivity contribution in [3.8, 4) is 0 Å². The number of carbonyl (C=O) groups is 1. The number of hydrogen-bond acceptors (Lipinski definition) is 2. The van der Waals surface area contributed by atoms with Crippen molar-refractivity contribution in [2.24, 2.45) is 0 Å². The van der Waals surface area contributed by atoms with Gasteiger partial charge in [0.05, 0.1) is 6.42 Å². The molecule has 0 heterocycles. The van der Waals surface area contributed by atoms with Crippen LogP contribution in [-0.2, 0) is 4.79 Å². The molecule has 0 aliphatic carbocycles. The van der Waals surface area contributed by atoms with Gasteiger partial charge in [0.25, 0.3) is 0 Å². The highest BCUT2D eigenvalue weighted by Gasteiger charge is 2.08. The van der Waals surface area contributed by atoms with Crippen molar-refractivity contribution in [3.05, 3.63) is 12.7 Å². The van der Waals surface area contributed by atoms with Crippen LogP contribution >= 0.6 is 0 Å². The Morgan fingerprint density at radius 2 is 2.27 bits per heavy atom. The molecule has 0 aromatic heterocycles. The summed E-state index contributed by atoms with van der Waals surface area (Å²) in [4.78, 5) is 10.3. The van der Waals surface area contributed by atoms with Gasteiger partial charge in [-0.25, -0.2) is 0 Å². The molecule has 0 saturated carbocycles. The Hall–Kier alpha value is -0.830. The number of carboxylic acids is 1. The van der Waals surface area contributed by atoms with Gasteiger partial charge in [-0.3, -0.25) is 4.79 Å². The number of aliphatic carboxylic acids is 1. The smallest absolute Gasteiger partial charge is 0.305 e. The van der Waals surface area contributed by atoms with Crippen molar-refractivity contribution in [1.82, 2.24) is 5.32 Å². The third-order valence-electron chi connectivity index (χ3n) is 1.23. The number of nitrogens with one attached hydrogen (secondary N) is 1. The summed E-state index contributed by atoms with van der Waals surface area (Å²) in [5.74, 6) is -0.803. The Morgan fingerprint density at radius 1 is 1.73 bits per heavy atom. The second-order valence-electron chi connectivity index (χ2n) is 2.76. The second-order valence-corrected chi connectivity index (χ2v) is 2.76. The summed E-state index contributed by atoms with van der Waals surface area (Å²) in [5, 5.41) is 11.5. The van der Waals surface area contributed by atoms with Crippen LogP contribution in [0.1, 0.15) is 20.3 Å². The molecule has 1 atom stereocenters. The standard InChI is InChI=1S/C8H15NO2/c1-4-7(5-8(10)11)9-6(2)3/h4,6-7,9H,1,5H2,2-3H3,(H,10,11)/t7-/m1/s1. The molecule has 64 valence electrons. The van der Waals surface area contributed by atoms with Gasteiger partial charge in [-0.05, 0) is 0 Å². The SMILES string of the molecule is C=C[C@H](CC(=O)O)NC(C)C. The van der Waals surface area contributed by atoms with Crippen LogP contribution in [0.2, 0.25) is 0 Å². The monoisotopic (exact) mass is 157 g/mol. The minimum atomic E-state index is -0.803. The fourth-order valence-corrected chi connectivity index (χ4v) is 0.827. The maximum Gasteiger partial charge on any atom is 0.305 e. The first-order chi connectivity index (χ1) is 5.06. The first-order valence-electron chi connectivity index (χ1n) is 3.66. The highest BCUT2D eigenvalue weighted by Crippen LogP contribution is 1.94. The van der Waals surface area contributed by atoms with Crippen LogP contribution in [0.5, 0.6) is 0 Å². The maximum atomic E-state index is 10.3. The Kier molecular flexibility index (Phi) is 4.54. The average Bonchev–Trinajstić information content (AvgIpc) is 1.84. The van der Waals surface area contributed by atoms with E-state index in [1.165, 1.54) is 0 Å². The van der Waals surface area contributed by atoms with Crippen LogP contribution in [0.4, 0.5) is 0 Å². The van der Waals surface area contributed by atoms with Crippen LogP contribution in [-0.4, -0.2) is 23.2 Å². The minimum Gasteiger partial charge on any atom is -0.481 e. The third-order valence-corrected chi connectivity index (χ3v) is 1.23. The van der Waals surface area contributed by atoms with E-state index in [-0.39, 0.29) is 18.5 Å². The molecule has 11 heavy (non-hydrogen) atoms. The van der Waals surface area contributed by atoms with Crippen molar-refractivity contribution in [2.45, 2.75) is 32.4 Å². The van der Waals surface area contributed by atoms with E-state index in [1.54, 1.807) is 6.08 Å². The highest BCUT2D eigenvalue weighted by molar-refractivity contribution is 5.67. The molecule has 0 spiro atoms. The Bertz CT molecular complexity index is 143. The van der Waals surface area contributed by atoms with E-state index in [0.29, 0.717) is 0 Å². The lowest BCUT2D eigenvalue weighted by molar-refractivity contribution is -0.137. The maximum absolute atomic E-state index is 10.3. The summed E-state index contributed by atoms with van der Waals surface area (Å²) >= 11 is 0. The molecule has 3 heteroatoms. The first kappa shape index (κ1) is 10.2. The fourth-order valence-electron chi connectivity index (χ4n) is 0.827. The molecule has 0 aromatic rings. The molecule has 0 bridgehead atoms. The van der Waals surface area contributed by atoms with Crippen molar-refractivity contribution < 1.29 is 9.90 Å². The molecular formula is C8H15NO2. The Morgan fingerprint density at radius 3 is 2.55 bits per heavy atom. The predicted molar refractivity (Wildman–Crippen MR) is 44.5 cm³/mol. The normalized spacial score (nSPS) is 13.0. The van der Waals surface area contributed by atoms with E-state index in [4.69, 9.17) is 5.11 Å². The van der Waals surface area contributed by atoms with Crippen LogP contribution in [0.15, 0.2) is 12.7 Å². The zero-order valence-corrected chi connectivity index (χ0v) is 7.00. The molecule has 0 fully saturated rings. The van der Waals surface area contributed by atoms with E-state index in [2.05, 4.69) is 11.9 Å². The van der Waals surface area contributed by atoms with Gasteiger partial charge in [0.1, 0.15) is 0 Å². The predicted octanol–water partition coefficient (Wildman–Crippen LogP) is 1.01. The molecule has 2 N–H and O–H groups in total. The van der Waals surface area contributed by atoms with Crippen molar-refractivity contribution in [1.29, 1.82) is 0 Å². The first-order valence-corrected chi connectivity index (χ1v) is 3.66. The number of rotatable bonds is 5. The number of hydrogen-bond donors (Lipinski definition) is 2. The van der Waals surface area contributed by atoms with Gasteiger partial charge < -0.3 is 10.4 Å². The topological polar surface area (TPSA) is 49.3 Å². The van der Waals surface area contributed by atoms with Crippen molar-refractivity contribution >= 4 is 5.97 Å². The summed E-state index contributed by atoms with van der Waals surface area (Å²) in [6, 6.07) is 0.171. The molecule has 3 nitrogen and oxygen atoms in total. The van der Waals surface area contributed by atoms with E-state index >= 15 is 0 Å². The highest BCUT2D eigenvalue weighted by atomic mass is 16.4. The summed E-state index contributed by atoms with van der Waals surface area (Å²) in [6.07, 6.45) is 1.72. The Balaban J connectivity index is 3.76. The van der Waals surface area contributed by atoms with Crippen LogP contribution in [0.3, 0.4) is 0 Å². The molecule has 0 amide bonds. The molecule has 0 aromatic carbocycles. The quantitative estimate of drug-likeness (QED) is 0.586. The fraction of sp³-hybridized carbons (Fsp3) is 0.625. The van der Waals surface area contributed by atoms with Gasteiger partial charge in [-0.15, -0.1) is 6.58 Å².